The van der Waals surface area contributed by atoms with Gasteiger partial charge in [-0.2, -0.15) is 0 Å². The minimum absolute atomic E-state index is 0.141. The Bertz CT molecular complexity index is 507. The van der Waals surface area contributed by atoms with Crippen LogP contribution in [0.15, 0.2) is 36.7 Å². The molecule has 19 heavy (non-hydrogen) atoms. The molecule has 0 bridgehead atoms. The van der Waals surface area contributed by atoms with Gasteiger partial charge in [-0.1, -0.05) is 12.1 Å². The van der Waals surface area contributed by atoms with Gasteiger partial charge in [-0.3, -0.25) is 0 Å². The van der Waals surface area contributed by atoms with Gasteiger partial charge in [0.05, 0.1) is 0 Å². The van der Waals surface area contributed by atoms with Crippen LogP contribution in [0.3, 0.4) is 0 Å². The average Bonchev–Trinajstić information content (AvgIpc) is 2.82. The molecule has 2 aromatic rings. The first-order valence-corrected chi connectivity index (χ1v) is 6.50. The summed E-state index contributed by atoms with van der Waals surface area (Å²) in [5.74, 6) is 0.983. The van der Waals surface area contributed by atoms with E-state index in [4.69, 9.17) is 0 Å². The smallest absolute Gasteiger partial charge is 0.123 e. The van der Waals surface area contributed by atoms with Gasteiger partial charge in [0.1, 0.15) is 11.6 Å². The van der Waals surface area contributed by atoms with Gasteiger partial charge < -0.3 is 9.67 Å². The number of hydrogen-bond donors (Lipinski definition) is 1. The predicted molar refractivity (Wildman–Crippen MR) is 72.2 cm³/mol. The highest BCUT2D eigenvalue weighted by molar-refractivity contribution is 5.16. The number of benzene rings is 1. The van der Waals surface area contributed by atoms with Gasteiger partial charge in [-0.05, 0) is 36.5 Å². The zero-order chi connectivity index (χ0) is 13.7. The van der Waals surface area contributed by atoms with E-state index in [1.54, 1.807) is 18.3 Å². The normalized spacial score (nSPS) is 12.6. The van der Waals surface area contributed by atoms with E-state index >= 15 is 0 Å². The molecule has 1 unspecified atom stereocenters. The second kappa shape index (κ2) is 6.48. The average molecular weight is 262 g/mol. The van der Waals surface area contributed by atoms with Crippen molar-refractivity contribution in [2.75, 3.05) is 6.61 Å². The van der Waals surface area contributed by atoms with Gasteiger partial charge in [0.2, 0.25) is 0 Å². The van der Waals surface area contributed by atoms with E-state index < -0.39 is 0 Å². The van der Waals surface area contributed by atoms with Crippen molar-refractivity contribution in [1.82, 2.24) is 9.55 Å². The van der Waals surface area contributed by atoms with Crippen LogP contribution in [0.5, 0.6) is 0 Å². The van der Waals surface area contributed by atoms with E-state index in [0.717, 1.165) is 30.7 Å². The molecule has 1 aromatic carbocycles. The molecule has 1 heterocycles. The summed E-state index contributed by atoms with van der Waals surface area (Å²) in [5, 5.41) is 9.44. The van der Waals surface area contributed by atoms with E-state index in [1.807, 2.05) is 17.8 Å². The number of halogens is 1. The molecule has 0 spiro atoms. The molecule has 0 fully saturated rings. The quantitative estimate of drug-likeness (QED) is 0.867. The summed E-state index contributed by atoms with van der Waals surface area (Å²) >= 11 is 0. The lowest BCUT2D eigenvalue weighted by Crippen LogP contribution is -2.12. The maximum absolute atomic E-state index is 12.8. The zero-order valence-electron chi connectivity index (χ0n) is 11.1. The highest BCUT2D eigenvalue weighted by Gasteiger charge is 2.10. The van der Waals surface area contributed by atoms with Crippen molar-refractivity contribution in [2.24, 2.45) is 13.0 Å². The van der Waals surface area contributed by atoms with E-state index in [0.29, 0.717) is 0 Å². The second-order valence-electron chi connectivity index (χ2n) is 4.87. The van der Waals surface area contributed by atoms with Crippen LogP contribution in [0, 0.1) is 11.7 Å². The largest absolute Gasteiger partial charge is 0.396 e. The maximum atomic E-state index is 12.8. The maximum Gasteiger partial charge on any atom is 0.123 e. The Morgan fingerprint density at radius 3 is 2.63 bits per heavy atom. The number of hydrogen-bond acceptors (Lipinski definition) is 2. The molecule has 2 rings (SSSR count). The summed E-state index contributed by atoms with van der Waals surface area (Å²) in [5.41, 5.74) is 1.06. The van der Waals surface area contributed by atoms with Crippen molar-refractivity contribution >= 4 is 0 Å². The third-order valence-electron chi connectivity index (χ3n) is 3.39. The molecular weight excluding hydrogens is 243 g/mol. The number of aromatic nitrogens is 2. The third kappa shape index (κ3) is 3.89. The molecule has 1 aromatic heterocycles. The number of rotatable bonds is 6. The van der Waals surface area contributed by atoms with Crippen molar-refractivity contribution in [1.29, 1.82) is 0 Å². The summed E-state index contributed by atoms with van der Waals surface area (Å²) in [6.07, 6.45) is 6.18. The standard InChI is InChI=1S/C15H19FN2O/c1-18-9-8-17-15(18)7-4-13(11-19)10-12-2-5-14(16)6-3-12/h2-3,5-6,8-9,13,19H,4,7,10-11H2,1H3. The number of aliphatic hydroxyl groups excluding tert-OH is 1. The summed E-state index contributed by atoms with van der Waals surface area (Å²) in [6, 6.07) is 6.47. The lowest BCUT2D eigenvalue weighted by Gasteiger charge is -2.14. The molecule has 0 saturated heterocycles. The van der Waals surface area contributed by atoms with Gasteiger partial charge in [-0.25, -0.2) is 9.37 Å². The molecule has 3 nitrogen and oxygen atoms in total. The highest BCUT2D eigenvalue weighted by Crippen LogP contribution is 2.15. The van der Waals surface area contributed by atoms with Gasteiger partial charge in [-0.15, -0.1) is 0 Å². The van der Waals surface area contributed by atoms with Crippen LogP contribution in [0.1, 0.15) is 17.8 Å². The van der Waals surface area contributed by atoms with Crippen LogP contribution in [0.25, 0.3) is 0 Å². The molecule has 0 amide bonds. The monoisotopic (exact) mass is 262 g/mol. The fourth-order valence-corrected chi connectivity index (χ4v) is 2.18. The Hall–Kier alpha value is -1.68. The summed E-state index contributed by atoms with van der Waals surface area (Å²) in [6.45, 7) is 0.141. The number of nitrogens with zero attached hydrogens (tertiary/aromatic N) is 2. The fraction of sp³-hybridized carbons (Fsp3) is 0.400. The first kappa shape index (κ1) is 13.7. The molecule has 0 aliphatic rings. The van der Waals surface area contributed by atoms with Crippen LogP contribution in [-0.2, 0) is 19.9 Å². The summed E-state index contributed by atoms with van der Waals surface area (Å²) in [4.78, 5) is 4.27. The van der Waals surface area contributed by atoms with Crippen molar-refractivity contribution in [3.63, 3.8) is 0 Å². The molecule has 0 saturated carbocycles. The molecule has 0 aliphatic carbocycles. The van der Waals surface area contributed by atoms with Crippen molar-refractivity contribution in [2.45, 2.75) is 19.3 Å². The van der Waals surface area contributed by atoms with E-state index in [-0.39, 0.29) is 18.3 Å². The molecule has 1 N–H and O–H groups in total. The lowest BCUT2D eigenvalue weighted by atomic mass is 9.95. The zero-order valence-corrected chi connectivity index (χ0v) is 11.1. The van der Waals surface area contributed by atoms with Crippen molar-refractivity contribution < 1.29 is 9.50 Å². The Balaban J connectivity index is 1.90. The number of imidazole rings is 1. The van der Waals surface area contributed by atoms with Gasteiger partial charge in [0, 0.05) is 32.5 Å². The summed E-state index contributed by atoms with van der Waals surface area (Å²) < 4.78 is 14.8. The summed E-state index contributed by atoms with van der Waals surface area (Å²) in [7, 11) is 1.97. The van der Waals surface area contributed by atoms with Crippen molar-refractivity contribution in [3.05, 3.63) is 53.9 Å². The SMILES string of the molecule is Cn1ccnc1CCC(CO)Cc1ccc(F)cc1. The van der Waals surface area contributed by atoms with Crippen molar-refractivity contribution in [3.8, 4) is 0 Å². The Kier molecular flexibility index (Phi) is 4.68. The second-order valence-corrected chi connectivity index (χ2v) is 4.87. The number of aliphatic hydroxyl groups is 1. The van der Waals surface area contributed by atoms with Gasteiger partial charge in [0.15, 0.2) is 0 Å². The van der Waals surface area contributed by atoms with E-state index in [2.05, 4.69) is 4.98 Å². The first-order valence-electron chi connectivity index (χ1n) is 6.50. The van der Waals surface area contributed by atoms with Crippen LogP contribution in [0.4, 0.5) is 4.39 Å². The van der Waals surface area contributed by atoms with Crippen LogP contribution in [-0.4, -0.2) is 21.3 Å². The van der Waals surface area contributed by atoms with Crippen LogP contribution in [0.2, 0.25) is 0 Å². The van der Waals surface area contributed by atoms with Crippen LogP contribution >= 0.6 is 0 Å². The first-order chi connectivity index (χ1) is 9.19. The molecule has 0 radical (unpaired) electrons. The molecular formula is C15H19FN2O. The Labute approximate surface area is 112 Å². The third-order valence-corrected chi connectivity index (χ3v) is 3.39. The van der Waals surface area contributed by atoms with Gasteiger partial charge in [0.25, 0.3) is 0 Å². The number of aryl methyl sites for hydroxylation is 2. The Morgan fingerprint density at radius 1 is 1.32 bits per heavy atom. The molecule has 1 atom stereocenters. The molecule has 4 heteroatoms. The van der Waals surface area contributed by atoms with Gasteiger partial charge >= 0.3 is 0 Å². The minimum Gasteiger partial charge on any atom is -0.396 e. The van der Waals surface area contributed by atoms with E-state index in [9.17, 15) is 9.50 Å². The Morgan fingerprint density at radius 2 is 2.05 bits per heavy atom. The minimum atomic E-state index is -0.225. The van der Waals surface area contributed by atoms with E-state index in [1.165, 1.54) is 12.1 Å². The predicted octanol–water partition coefficient (Wildman–Crippen LogP) is 2.34. The lowest BCUT2D eigenvalue weighted by molar-refractivity contribution is 0.217. The van der Waals surface area contributed by atoms with Crippen LogP contribution < -0.4 is 0 Å². The fourth-order valence-electron chi connectivity index (χ4n) is 2.18. The molecule has 0 aliphatic heterocycles. The molecule has 102 valence electrons. The highest BCUT2D eigenvalue weighted by atomic mass is 19.1. The topological polar surface area (TPSA) is 38.0 Å².